The van der Waals surface area contributed by atoms with E-state index in [9.17, 15) is 5.26 Å². The highest BCUT2D eigenvalue weighted by Gasteiger charge is 2.03. The molecule has 0 saturated carbocycles. The van der Waals surface area contributed by atoms with Crippen molar-refractivity contribution in [2.75, 3.05) is 6.61 Å². The fraction of sp³-hybridized carbons (Fsp3) is 0.0952. The minimum absolute atomic E-state index is 0.649. The number of nitrogens with zero attached hydrogens (tertiary/aromatic N) is 1. The molecule has 0 bridgehead atoms. The van der Waals surface area contributed by atoms with E-state index in [1.807, 2.05) is 61.5 Å². The van der Waals surface area contributed by atoms with Crippen LogP contribution in [-0.4, -0.2) is 6.61 Å². The van der Waals surface area contributed by atoms with Gasteiger partial charge in [0.15, 0.2) is 0 Å². The maximum Gasteiger partial charge on any atom is 0.119 e. The van der Waals surface area contributed by atoms with Gasteiger partial charge in [-0.05, 0) is 53.1 Å². The molecule has 112 valence electrons. The van der Waals surface area contributed by atoms with Crippen molar-refractivity contribution in [3.05, 3.63) is 77.9 Å². The lowest BCUT2D eigenvalue weighted by molar-refractivity contribution is 0.340. The molecule has 0 unspecified atom stereocenters. The molecule has 0 saturated heterocycles. The third kappa shape index (κ3) is 3.41. The molecule has 0 amide bonds. The van der Waals surface area contributed by atoms with Crippen LogP contribution in [0.15, 0.2) is 66.7 Å². The number of nitriles is 1. The van der Waals surface area contributed by atoms with E-state index in [2.05, 4.69) is 24.3 Å². The molecule has 2 heteroatoms. The quantitative estimate of drug-likeness (QED) is 0.483. The highest BCUT2D eigenvalue weighted by atomic mass is 16.5. The fourth-order valence-electron chi connectivity index (χ4n) is 2.53. The molecule has 0 aromatic heterocycles. The molecule has 0 heterocycles. The smallest absolute Gasteiger partial charge is 0.119 e. The van der Waals surface area contributed by atoms with Gasteiger partial charge in [-0.2, -0.15) is 5.26 Å². The lowest BCUT2D eigenvalue weighted by atomic mass is 10.0. The molecule has 0 spiro atoms. The normalized spacial score (nSPS) is 11.2. The van der Waals surface area contributed by atoms with Crippen molar-refractivity contribution in [2.45, 2.75) is 6.92 Å². The Morgan fingerprint density at radius 1 is 1.00 bits per heavy atom. The topological polar surface area (TPSA) is 33.0 Å². The van der Waals surface area contributed by atoms with Crippen LogP contribution in [0.2, 0.25) is 0 Å². The largest absolute Gasteiger partial charge is 0.494 e. The number of fused-ring (bicyclic) bond motifs is 1. The van der Waals surface area contributed by atoms with Crippen LogP contribution >= 0.6 is 0 Å². The molecule has 0 aliphatic carbocycles. The Labute approximate surface area is 136 Å². The molecule has 0 fully saturated rings. The van der Waals surface area contributed by atoms with Gasteiger partial charge in [-0.3, -0.25) is 0 Å². The van der Waals surface area contributed by atoms with Gasteiger partial charge in [0.05, 0.1) is 18.2 Å². The minimum atomic E-state index is 0.649. The van der Waals surface area contributed by atoms with Crippen LogP contribution in [0.4, 0.5) is 0 Å². The lowest BCUT2D eigenvalue weighted by Crippen LogP contribution is -1.90. The molecule has 0 aliphatic rings. The van der Waals surface area contributed by atoms with Crippen molar-refractivity contribution < 1.29 is 4.74 Å². The van der Waals surface area contributed by atoms with Gasteiger partial charge in [-0.25, -0.2) is 0 Å². The molecular formula is C21H17NO. The summed E-state index contributed by atoms with van der Waals surface area (Å²) in [7, 11) is 0. The second-order valence-electron chi connectivity index (χ2n) is 5.23. The lowest BCUT2D eigenvalue weighted by Gasteiger charge is -2.04. The van der Waals surface area contributed by atoms with E-state index in [4.69, 9.17) is 4.74 Å². The Kier molecular flexibility index (Phi) is 4.40. The third-order valence-electron chi connectivity index (χ3n) is 3.68. The van der Waals surface area contributed by atoms with Gasteiger partial charge in [0, 0.05) is 0 Å². The van der Waals surface area contributed by atoms with Gasteiger partial charge in [-0.1, -0.05) is 48.5 Å². The molecular weight excluding hydrogens is 282 g/mol. The summed E-state index contributed by atoms with van der Waals surface area (Å²) in [6, 6.07) is 24.3. The standard InChI is InChI=1S/C21H17NO/c1-2-23-21-11-7-16(8-12-21)13-20(15-22)19-10-9-17-5-3-4-6-18(17)14-19/h3-14H,2H2,1H3/b20-13-. The zero-order valence-corrected chi connectivity index (χ0v) is 13.0. The number of benzene rings is 3. The van der Waals surface area contributed by atoms with E-state index in [1.54, 1.807) is 0 Å². The predicted molar refractivity (Wildman–Crippen MR) is 95.0 cm³/mol. The summed E-state index contributed by atoms with van der Waals surface area (Å²) in [5, 5.41) is 11.8. The number of allylic oxidation sites excluding steroid dienone is 1. The van der Waals surface area contributed by atoms with Gasteiger partial charge in [-0.15, -0.1) is 0 Å². The highest BCUT2D eigenvalue weighted by molar-refractivity contribution is 5.94. The molecule has 3 aromatic carbocycles. The Balaban J connectivity index is 1.95. The number of rotatable bonds is 4. The van der Waals surface area contributed by atoms with E-state index in [-0.39, 0.29) is 0 Å². The van der Waals surface area contributed by atoms with Gasteiger partial charge >= 0.3 is 0 Å². The minimum Gasteiger partial charge on any atom is -0.494 e. The first-order valence-electron chi connectivity index (χ1n) is 7.64. The Hall–Kier alpha value is -3.05. The Morgan fingerprint density at radius 2 is 1.74 bits per heavy atom. The van der Waals surface area contributed by atoms with Crippen LogP contribution in [-0.2, 0) is 0 Å². The molecule has 0 radical (unpaired) electrons. The van der Waals surface area contributed by atoms with Crippen LogP contribution in [0, 0.1) is 11.3 Å². The monoisotopic (exact) mass is 299 g/mol. The Bertz CT molecular complexity index is 886. The Morgan fingerprint density at radius 3 is 2.43 bits per heavy atom. The summed E-state index contributed by atoms with van der Waals surface area (Å²) in [6.45, 7) is 2.61. The number of ether oxygens (including phenoxy) is 1. The summed E-state index contributed by atoms with van der Waals surface area (Å²) >= 11 is 0. The van der Waals surface area contributed by atoms with Gasteiger partial charge in [0.25, 0.3) is 0 Å². The summed E-state index contributed by atoms with van der Waals surface area (Å²) in [4.78, 5) is 0. The van der Waals surface area contributed by atoms with Crippen molar-refractivity contribution in [1.29, 1.82) is 5.26 Å². The summed E-state index contributed by atoms with van der Waals surface area (Å²) in [5.41, 5.74) is 2.57. The SMILES string of the molecule is CCOc1ccc(/C=C(/C#N)c2ccc3ccccc3c2)cc1. The summed E-state index contributed by atoms with van der Waals surface area (Å²) in [6.07, 6.45) is 1.90. The van der Waals surface area contributed by atoms with Gasteiger partial charge in [0.2, 0.25) is 0 Å². The maximum absolute atomic E-state index is 9.51. The molecule has 3 aromatic rings. The van der Waals surface area contributed by atoms with E-state index in [0.717, 1.165) is 22.3 Å². The molecule has 0 atom stereocenters. The zero-order chi connectivity index (χ0) is 16.1. The maximum atomic E-state index is 9.51. The van der Waals surface area contributed by atoms with E-state index < -0.39 is 0 Å². The number of hydrogen-bond acceptors (Lipinski definition) is 2. The van der Waals surface area contributed by atoms with E-state index in [1.165, 1.54) is 5.39 Å². The first kappa shape index (κ1) is 14.9. The first-order chi connectivity index (χ1) is 11.3. The third-order valence-corrected chi connectivity index (χ3v) is 3.68. The highest BCUT2D eigenvalue weighted by Crippen LogP contribution is 2.23. The fourth-order valence-corrected chi connectivity index (χ4v) is 2.53. The van der Waals surface area contributed by atoms with Crippen molar-refractivity contribution in [3.8, 4) is 11.8 Å². The van der Waals surface area contributed by atoms with Gasteiger partial charge < -0.3 is 4.74 Å². The molecule has 3 rings (SSSR count). The zero-order valence-electron chi connectivity index (χ0n) is 13.0. The van der Waals surface area contributed by atoms with Gasteiger partial charge in [0.1, 0.15) is 5.75 Å². The van der Waals surface area contributed by atoms with E-state index in [0.29, 0.717) is 12.2 Å². The molecule has 23 heavy (non-hydrogen) atoms. The number of hydrogen-bond donors (Lipinski definition) is 0. The summed E-state index contributed by atoms with van der Waals surface area (Å²) < 4.78 is 5.44. The van der Waals surface area contributed by atoms with Crippen molar-refractivity contribution in [1.82, 2.24) is 0 Å². The second-order valence-corrected chi connectivity index (χ2v) is 5.23. The van der Waals surface area contributed by atoms with Crippen molar-refractivity contribution in [3.63, 3.8) is 0 Å². The summed E-state index contributed by atoms with van der Waals surface area (Å²) in [5.74, 6) is 0.842. The predicted octanol–water partition coefficient (Wildman–Crippen LogP) is 5.30. The average Bonchev–Trinajstić information content (AvgIpc) is 2.61. The molecule has 0 aliphatic heterocycles. The molecule has 0 N–H and O–H groups in total. The van der Waals surface area contributed by atoms with Crippen LogP contribution in [0.1, 0.15) is 18.1 Å². The van der Waals surface area contributed by atoms with E-state index >= 15 is 0 Å². The second kappa shape index (κ2) is 6.81. The van der Waals surface area contributed by atoms with Crippen molar-refractivity contribution in [2.24, 2.45) is 0 Å². The average molecular weight is 299 g/mol. The molecule has 2 nitrogen and oxygen atoms in total. The van der Waals surface area contributed by atoms with Crippen LogP contribution in [0.5, 0.6) is 5.75 Å². The van der Waals surface area contributed by atoms with Crippen molar-refractivity contribution >= 4 is 22.4 Å². The van der Waals surface area contributed by atoms with Crippen LogP contribution in [0.3, 0.4) is 0 Å². The van der Waals surface area contributed by atoms with Crippen LogP contribution < -0.4 is 4.74 Å². The van der Waals surface area contributed by atoms with Crippen LogP contribution in [0.25, 0.3) is 22.4 Å². The first-order valence-corrected chi connectivity index (χ1v) is 7.64.